The van der Waals surface area contributed by atoms with Crippen LogP contribution in [0, 0.1) is 0 Å². The van der Waals surface area contributed by atoms with Gasteiger partial charge in [-0.15, -0.1) is 0 Å². The molecule has 1 saturated heterocycles. The molecule has 2 amide bonds. The molecule has 0 unspecified atom stereocenters. The first-order chi connectivity index (χ1) is 12.7. The molecule has 3 aromatic rings. The molecule has 1 spiro atoms. The minimum Gasteiger partial charge on any atom is -0.316 e. The first-order valence-electron chi connectivity index (χ1n) is 8.77. The van der Waals surface area contributed by atoms with Gasteiger partial charge in [0.15, 0.2) is 0 Å². The van der Waals surface area contributed by atoms with Crippen molar-refractivity contribution in [2.45, 2.75) is 18.4 Å². The predicted octanol–water partition coefficient (Wildman–Crippen LogP) is 1.33. The third-order valence-electron chi connectivity index (χ3n) is 5.38. The SMILES string of the molecule is Cn1ncc2cnc(-c3[nH]ncc3NC(=O)N3CCNCC34CC4)cc21. The van der Waals surface area contributed by atoms with Gasteiger partial charge in [-0.25, -0.2) is 4.79 Å². The summed E-state index contributed by atoms with van der Waals surface area (Å²) in [5.41, 5.74) is 3.02. The minimum absolute atomic E-state index is 0.00188. The maximum Gasteiger partial charge on any atom is 0.322 e. The summed E-state index contributed by atoms with van der Waals surface area (Å²) in [6, 6.07) is 1.87. The molecule has 9 heteroatoms. The van der Waals surface area contributed by atoms with Crippen LogP contribution in [0.4, 0.5) is 10.5 Å². The lowest BCUT2D eigenvalue weighted by Gasteiger charge is -2.36. The Kier molecular flexibility index (Phi) is 3.26. The Balaban J connectivity index is 1.43. The van der Waals surface area contributed by atoms with E-state index in [2.05, 4.69) is 30.9 Å². The number of nitrogens with one attached hydrogen (secondary N) is 3. The van der Waals surface area contributed by atoms with Gasteiger partial charge < -0.3 is 15.5 Å². The second-order valence-electron chi connectivity index (χ2n) is 7.04. The number of H-pyrrole nitrogens is 1. The number of fused-ring (bicyclic) bond motifs is 1. The van der Waals surface area contributed by atoms with Crippen molar-refractivity contribution >= 4 is 22.6 Å². The van der Waals surface area contributed by atoms with E-state index in [1.807, 2.05) is 18.0 Å². The van der Waals surface area contributed by atoms with Gasteiger partial charge in [0.2, 0.25) is 0 Å². The van der Waals surface area contributed by atoms with Crippen molar-refractivity contribution in [3.8, 4) is 11.4 Å². The average Bonchev–Trinajstić information content (AvgIpc) is 3.09. The Bertz CT molecular complexity index is 986. The van der Waals surface area contributed by atoms with Gasteiger partial charge in [-0.05, 0) is 18.9 Å². The maximum absolute atomic E-state index is 12.8. The Morgan fingerprint density at radius 2 is 2.19 bits per heavy atom. The Hall–Kier alpha value is -2.94. The van der Waals surface area contributed by atoms with Gasteiger partial charge in [0, 0.05) is 38.3 Å². The van der Waals surface area contributed by atoms with Crippen LogP contribution in [0.1, 0.15) is 12.8 Å². The number of hydrogen-bond acceptors (Lipinski definition) is 5. The summed E-state index contributed by atoms with van der Waals surface area (Å²) in [5.74, 6) is 0. The van der Waals surface area contributed by atoms with E-state index < -0.39 is 0 Å². The van der Waals surface area contributed by atoms with E-state index in [0.717, 1.165) is 49.1 Å². The molecule has 0 bridgehead atoms. The van der Waals surface area contributed by atoms with Crippen molar-refractivity contribution in [2.75, 3.05) is 25.0 Å². The van der Waals surface area contributed by atoms with Crippen LogP contribution in [-0.2, 0) is 7.05 Å². The fourth-order valence-electron chi connectivity index (χ4n) is 3.69. The summed E-state index contributed by atoms with van der Waals surface area (Å²) in [6.45, 7) is 2.42. The van der Waals surface area contributed by atoms with Gasteiger partial charge >= 0.3 is 6.03 Å². The highest BCUT2D eigenvalue weighted by molar-refractivity contribution is 5.94. The van der Waals surface area contributed by atoms with Crippen LogP contribution in [0.15, 0.2) is 24.7 Å². The van der Waals surface area contributed by atoms with E-state index >= 15 is 0 Å². The lowest BCUT2D eigenvalue weighted by atomic mass is 10.1. The molecule has 2 fully saturated rings. The Labute approximate surface area is 149 Å². The van der Waals surface area contributed by atoms with Crippen LogP contribution < -0.4 is 10.6 Å². The van der Waals surface area contributed by atoms with Crippen molar-refractivity contribution in [1.82, 2.24) is 35.2 Å². The van der Waals surface area contributed by atoms with Crippen molar-refractivity contribution < 1.29 is 4.79 Å². The van der Waals surface area contributed by atoms with E-state index in [0.29, 0.717) is 11.4 Å². The van der Waals surface area contributed by atoms with E-state index in [1.165, 1.54) is 0 Å². The number of urea groups is 1. The molecule has 5 rings (SSSR count). The van der Waals surface area contributed by atoms with Gasteiger partial charge in [0.25, 0.3) is 0 Å². The molecule has 4 heterocycles. The zero-order valence-electron chi connectivity index (χ0n) is 14.5. The number of carbonyl (C=O) groups excluding carboxylic acids is 1. The molecular weight excluding hydrogens is 332 g/mol. The molecular formula is C17H20N8O. The molecule has 0 atom stereocenters. The standard InChI is InChI=1S/C17H20N8O/c1-24-14-6-12(19-7-11(14)8-21-24)15-13(9-20-23-15)22-16(26)25-5-4-18-10-17(25)2-3-17/h6-9,18H,2-5,10H2,1H3,(H,20,23)(H,22,26). The molecule has 3 N–H and O–H groups in total. The van der Waals surface area contributed by atoms with Gasteiger partial charge in [-0.2, -0.15) is 10.2 Å². The van der Waals surface area contributed by atoms with Crippen LogP contribution >= 0.6 is 0 Å². The number of aromatic nitrogens is 5. The normalized spacial score (nSPS) is 18.4. The number of hydrogen-bond donors (Lipinski definition) is 3. The van der Waals surface area contributed by atoms with Gasteiger partial charge in [-0.3, -0.25) is 14.8 Å². The Morgan fingerprint density at radius 1 is 1.31 bits per heavy atom. The molecule has 9 nitrogen and oxygen atoms in total. The number of aryl methyl sites for hydroxylation is 1. The number of aromatic amines is 1. The van der Waals surface area contributed by atoms with Crippen LogP contribution in [0.3, 0.4) is 0 Å². The molecule has 0 aromatic carbocycles. The van der Waals surface area contributed by atoms with Crippen molar-refractivity contribution in [3.05, 3.63) is 24.7 Å². The second kappa shape index (κ2) is 5.53. The van der Waals surface area contributed by atoms with Crippen LogP contribution in [-0.4, -0.2) is 61.1 Å². The van der Waals surface area contributed by atoms with E-state index in [1.54, 1.807) is 23.3 Å². The molecule has 1 aliphatic heterocycles. The number of anilines is 1. The fraction of sp³-hybridized carbons (Fsp3) is 0.412. The quantitative estimate of drug-likeness (QED) is 0.645. The lowest BCUT2D eigenvalue weighted by molar-refractivity contribution is 0.160. The van der Waals surface area contributed by atoms with Crippen LogP contribution in [0.2, 0.25) is 0 Å². The third-order valence-corrected chi connectivity index (χ3v) is 5.38. The van der Waals surface area contributed by atoms with Crippen LogP contribution in [0.25, 0.3) is 22.3 Å². The number of pyridine rings is 1. The van der Waals surface area contributed by atoms with E-state index in [4.69, 9.17) is 0 Å². The smallest absolute Gasteiger partial charge is 0.316 e. The molecule has 0 radical (unpaired) electrons. The molecule has 1 aliphatic carbocycles. The Morgan fingerprint density at radius 3 is 3.04 bits per heavy atom. The van der Waals surface area contributed by atoms with Gasteiger partial charge in [0.1, 0.15) is 5.69 Å². The maximum atomic E-state index is 12.8. The molecule has 1 saturated carbocycles. The number of piperazine rings is 1. The van der Waals surface area contributed by atoms with E-state index in [-0.39, 0.29) is 11.6 Å². The number of amides is 2. The fourth-order valence-corrected chi connectivity index (χ4v) is 3.69. The van der Waals surface area contributed by atoms with Crippen molar-refractivity contribution in [1.29, 1.82) is 0 Å². The van der Waals surface area contributed by atoms with Gasteiger partial charge in [0.05, 0.1) is 34.8 Å². The number of carbonyl (C=O) groups is 1. The van der Waals surface area contributed by atoms with Gasteiger partial charge in [-0.1, -0.05) is 0 Å². The first-order valence-corrected chi connectivity index (χ1v) is 8.77. The van der Waals surface area contributed by atoms with Crippen LogP contribution in [0.5, 0.6) is 0 Å². The largest absolute Gasteiger partial charge is 0.322 e. The monoisotopic (exact) mass is 352 g/mol. The minimum atomic E-state index is -0.0757. The highest BCUT2D eigenvalue weighted by Gasteiger charge is 2.51. The predicted molar refractivity (Wildman–Crippen MR) is 96.7 cm³/mol. The van der Waals surface area contributed by atoms with Crippen molar-refractivity contribution in [2.24, 2.45) is 7.05 Å². The summed E-state index contributed by atoms with van der Waals surface area (Å²) in [7, 11) is 1.89. The second-order valence-corrected chi connectivity index (χ2v) is 7.04. The molecule has 26 heavy (non-hydrogen) atoms. The zero-order valence-corrected chi connectivity index (χ0v) is 14.5. The highest BCUT2D eigenvalue weighted by Crippen LogP contribution is 2.42. The number of rotatable bonds is 2. The average molecular weight is 352 g/mol. The van der Waals surface area contributed by atoms with E-state index in [9.17, 15) is 4.79 Å². The summed E-state index contributed by atoms with van der Waals surface area (Å²) in [5, 5.41) is 18.7. The number of nitrogens with zero attached hydrogens (tertiary/aromatic N) is 5. The molecule has 2 aliphatic rings. The molecule has 134 valence electrons. The lowest BCUT2D eigenvalue weighted by Crippen LogP contribution is -2.56. The summed E-state index contributed by atoms with van der Waals surface area (Å²) >= 11 is 0. The van der Waals surface area contributed by atoms with Crippen molar-refractivity contribution in [3.63, 3.8) is 0 Å². The summed E-state index contributed by atoms with van der Waals surface area (Å²) < 4.78 is 1.80. The summed E-state index contributed by atoms with van der Waals surface area (Å²) in [6.07, 6.45) is 7.31. The first kappa shape index (κ1) is 15.3. The summed E-state index contributed by atoms with van der Waals surface area (Å²) in [4.78, 5) is 19.3. The molecule has 3 aromatic heterocycles. The third kappa shape index (κ3) is 2.35. The zero-order chi connectivity index (χ0) is 17.7. The highest BCUT2D eigenvalue weighted by atomic mass is 16.2. The topological polar surface area (TPSA) is 104 Å².